The normalized spacial score (nSPS) is 22.2. The van der Waals surface area contributed by atoms with Gasteiger partial charge in [-0.05, 0) is 30.9 Å². The maximum atomic E-state index is 13.0. The molecule has 0 aromatic heterocycles. The van der Waals surface area contributed by atoms with E-state index in [-0.39, 0.29) is 17.7 Å². The van der Waals surface area contributed by atoms with Crippen molar-refractivity contribution in [2.75, 3.05) is 13.6 Å². The van der Waals surface area contributed by atoms with Crippen molar-refractivity contribution in [3.63, 3.8) is 0 Å². The molecule has 2 amide bonds. The first kappa shape index (κ1) is 19.2. The molecule has 1 aliphatic heterocycles. The average Bonchev–Trinajstić information content (AvgIpc) is 2.93. The van der Waals surface area contributed by atoms with Crippen molar-refractivity contribution < 1.29 is 9.59 Å². The summed E-state index contributed by atoms with van der Waals surface area (Å²) in [4.78, 5) is 29.2. The minimum Gasteiger partial charge on any atom is -0.341 e. The van der Waals surface area contributed by atoms with E-state index in [0.717, 1.165) is 18.4 Å². The van der Waals surface area contributed by atoms with Crippen molar-refractivity contribution in [3.8, 4) is 0 Å². The number of carbonyl (C=O) groups is 2. The quantitative estimate of drug-likeness (QED) is 0.736. The monoisotopic (exact) mass is 376 g/mol. The third-order valence-corrected chi connectivity index (χ3v) is 6.17. The second-order valence-corrected chi connectivity index (χ2v) is 8.12. The van der Waals surface area contributed by atoms with Crippen molar-refractivity contribution >= 4 is 23.4 Å². The summed E-state index contributed by atoms with van der Waals surface area (Å²) < 4.78 is 0. The largest absolute Gasteiger partial charge is 0.341 e. The topological polar surface area (TPSA) is 40.6 Å². The van der Waals surface area contributed by atoms with Gasteiger partial charge in [-0.15, -0.1) is 0 Å². The Kier molecular flexibility index (Phi) is 6.58. The second-order valence-electron chi connectivity index (χ2n) is 7.71. The highest BCUT2D eigenvalue weighted by atomic mass is 35.5. The smallest absolute Gasteiger partial charge is 0.227 e. The third kappa shape index (κ3) is 4.59. The van der Waals surface area contributed by atoms with Crippen LogP contribution in [-0.2, 0) is 16.1 Å². The van der Waals surface area contributed by atoms with Crippen molar-refractivity contribution in [2.24, 2.45) is 5.92 Å². The molecule has 2 aliphatic rings. The van der Waals surface area contributed by atoms with E-state index in [0.29, 0.717) is 37.0 Å². The molecular formula is C21H29ClN2O2. The van der Waals surface area contributed by atoms with E-state index in [1.54, 1.807) is 4.90 Å². The summed E-state index contributed by atoms with van der Waals surface area (Å²) in [5.41, 5.74) is 0.956. The van der Waals surface area contributed by atoms with Gasteiger partial charge in [-0.1, -0.05) is 55.5 Å². The molecule has 0 spiro atoms. The number of halogens is 1. The number of carbonyl (C=O) groups excluding carboxylic acids is 2. The van der Waals surface area contributed by atoms with Crippen molar-refractivity contribution in [1.29, 1.82) is 0 Å². The van der Waals surface area contributed by atoms with Gasteiger partial charge in [0, 0.05) is 37.6 Å². The van der Waals surface area contributed by atoms with Crippen LogP contribution in [0.5, 0.6) is 0 Å². The zero-order chi connectivity index (χ0) is 18.5. The third-order valence-electron chi connectivity index (χ3n) is 5.80. The predicted molar refractivity (Wildman–Crippen MR) is 104 cm³/mol. The fourth-order valence-electron chi connectivity index (χ4n) is 4.27. The van der Waals surface area contributed by atoms with E-state index in [1.165, 1.54) is 25.7 Å². The van der Waals surface area contributed by atoms with Crippen LogP contribution in [0.4, 0.5) is 0 Å². The first-order chi connectivity index (χ1) is 12.6. The number of piperidine rings is 1. The molecule has 2 fully saturated rings. The summed E-state index contributed by atoms with van der Waals surface area (Å²) in [6.07, 6.45) is 8.24. The molecular weight excluding hydrogens is 348 g/mol. The van der Waals surface area contributed by atoms with E-state index < -0.39 is 0 Å². The summed E-state index contributed by atoms with van der Waals surface area (Å²) in [5, 5.41) is 0.686. The minimum atomic E-state index is -0.0940. The van der Waals surface area contributed by atoms with Crippen LogP contribution in [-0.4, -0.2) is 41.2 Å². The number of hydrogen-bond acceptors (Lipinski definition) is 2. The molecule has 1 aliphatic carbocycles. The molecule has 0 radical (unpaired) electrons. The Hall–Kier alpha value is -1.55. The van der Waals surface area contributed by atoms with Crippen molar-refractivity contribution in [1.82, 2.24) is 9.80 Å². The molecule has 5 heteroatoms. The van der Waals surface area contributed by atoms with Crippen LogP contribution in [0.15, 0.2) is 24.3 Å². The predicted octanol–water partition coefficient (Wildman–Crippen LogP) is 4.26. The molecule has 0 N–H and O–H groups in total. The van der Waals surface area contributed by atoms with Crippen LogP contribution in [0.25, 0.3) is 0 Å². The first-order valence-electron chi connectivity index (χ1n) is 9.84. The lowest BCUT2D eigenvalue weighted by molar-refractivity contribution is -0.144. The summed E-state index contributed by atoms with van der Waals surface area (Å²) in [5.74, 6) is 0.259. The van der Waals surface area contributed by atoms with E-state index in [2.05, 4.69) is 0 Å². The van der Waals surface area contributed by atoms with Crippen LogP contribution in [0.2, 0.25) is 5.02 Å². The van der Waals surface area contributed by atoms with Gasteiger partial charge in [-0.3, -0.25) is 9.59 Å². The van der Waals surface area contributed by atoms with Gasteiger partial charge >= 0.3 is 0 Å². The van der Waals surface area contributed by atoms with E-state index >= 15 is 0 Å². The molecule has 0 unspecified atom stereocenters. The first-order valence-corrected chi connectivity index (χ1v) is 10.2. The molecule has 3 rings (SSSR count). The fraction of sp³-hybridized carbons (Fsp3) is 0.619. The molecule has 1 saturated carbocycles. The SMILES string of the molecule is CN(Cc1ccccc1Cl)C(=O)[C@@H]1CCC(=O)N(C2CCCCCC2)C1. The van der Waals surface area contributed by atoms with Crippen LogP contribution in [0, 0.1) is 5.92 Å². The van der Waals surface area contributed by atoms with Gasteiger partial charge in [0.05, 0.1) is 5.92 Å². The second kappa shape index (κ2) is 8.90. The van der Waals surface area contributed by atoms with Gasteiger partial charge in [0.1, 0.15) is 0 Å². The number of benzene rings is 1. The maximum Gasteiger partial charge on any atom is 0.227 e. The standard InChI is InChI=1S/C21H29ClN2O2/c1-23(14-16-8-6-7-11-19(16)22)21(26)17-12-13-20(25)24(15-17)18-9-4-2-3-5-10-18/h6-8,11,17-18H,2-5,9-10,12-15H2,1H3/t17-/m1/s1. The average molecular weight is 377 g/mol. The lowest BCUT2D eigenvalue weighted by atomic mass is 9.93. The number of amides is 2. The maximum absolute atomic E-state index is 13.0. The lowest BCUT2D eigenvalue weighted by Crippen LogP contribution is -2.50. The number of nitrogens with zero attached hydrogens (tertiary/aromatic N) is 2. The van der Waals surface area contributed by atoms with E-state index in [4.69, 9.17) is 11.6 Å². The Balaban J connectivity index is 1.63. The summed E-state index contributed by atoms with van der Waals surface area (Å²) in [6, 6.07) is 7.96. The Morgan fingerprint density at radius 2 is 1.85 bits per heavy atom. The zero-order valence-corrected chi connectivity index (χ0v) is 16.4. The molecule has 26 heavy (non-hydrogen) atoms. The lowest BCUT2D eigenvalue weighted by Gasteiger charge is -2.38. The highest BCUT2D eigenvalue weighted by molar-refractivity contribution is 6.31. The summed E-state index contributed by atoms with van der Waals surface area (Å²) in [7, 11) is 1.83. The van der Waals surface area contributed by atoms with Gasteiger partial charge in [-0.25, -0.2) is 0 Å². The van der Waals surface area contributed by atoms with Crippen LogP contribution in [0.1, 0.15) is 56.9 Å². The van der Waals surface area contributed by atoms with E-state index in [1.807, 2.05) is 36.2 Å². The molecule has 1 aromatic carbocycles. The Bertz CT molecular complexity index is 641. The zero-order valence-electron chi connectivity index (χ0n) is 15.6. The fourth-order valence-corrected chi connectivity index (χ4v) is 4.46. The van der Waals surface area contributed by atoms with Gasteiger partial charge < -0.3 is 9.80 Å². The Morgan fingerprint density at radius 3 is 2.54 bits per heavy atom. The summed E-state index contributed by atoms with van der Waals surface area (Å²) >= 11 is 6.23. The van der Waals surface area contributed by atoms with Crippen LogP contribution in [0.3, 0.4) is 0 Å². The number of hydrogen-bond donors (Lipinski definition) is 0. The highest BCUT2D eigenvalue weighted by Gasteiger charge is 2.35. The van der Waals surface area contributed by atoms with Gasteiger partial charge in [0.2, 0.25) is 11.8 Å². The molecule has 142 valence electrons. The number of rotatable bonds is 4. The van der Waals surface area contributed by atoms with Gasteiger partial charge in [0.15, 0.2) is 0 Å². The summed E-state index contributed by atoms with van der Waals surface area (Å²) in [6.45, 7) is 1.08. The molecule has 1 atom stereocenters. The van der Waals surface area contributed by atoms with Gasteiger partial charge in [-0.2, -0.15) is 0 Å². The van der Waals surface area contributed by atoms with E-state index in [9.17, 15) is 9.59 Å². The molecule has 1 aromatic rings. The molecule has 0 bridgehead atoms. The Labute approximate surface area is 161 Å². The van der Waals surface area contributed by atoms with Crippen LogP contribution < -0.4 is 0 Å². The molecule has 1 saturated heterocycles. The minimum absolute atomic E-state index is 0.0940. The van der Waals surface area contributed by atoms with Crippen LogP contribution >= 0.6 is 11.6 Å². The highest BCUT2D eigenvalue weighted by Crippen LogP contribution is 2.28. The number of likely N-dealkylation sites (tertiary alicyclic amines) is 1. The van der Waals surface area contributed by atoms with Gasteiger partial charge in [0.25, 0.3) is 0 Å². The molecule has 4 nitrogen and oxygen atoms in total. The Morgan fingerprint density at radius 1 is 1.15 bits per heavy atom. The van der Waals surface area contributed by atoms with Crippen molar-refractivity contribution in [2.45, 2.75) is 64.0 Å². The molecule has 1 heterocycles. The van der Waals surface area contributed by atoms with Crippen molar-refractivity contribution in [3.05, 3.63) is 34.9 Å².